The Hall–Kier alpha value is -0.610. The minimum Gasteiger partial charge on any atom is -0.481 e. The van der Waals surface area contributed by atoms with E-state index in [4.69, 9.17) is 9.84 Å². The SMILES string of the molecule is CC1CN(C2CCC2C(=O)O)CCO1. The lowest BCUT2D eigenvalue weighted by molar-refractivity contribution is -0.151. The molecule has 1 saturated heterocycles. The van der Waals surface area contributed by atoms with Gasteiger partial charge in [0.05, 0.1) is 18.6 Å². The van der Waals surface area contributed by atoms with E-state index in [-0.39, 0.29) is 18.1 Å². The van der Waals surface area contributed by atoms with Crippen LogP contribution in [0.25, 0.3) is 0 Å². The Morgan fingerprint density at radius 1 is 1.50 bits per heavy atom. The van der Waals surface area contributed by atoms with E-state index in [1.165, 1.54) is 0 Å². The van der Waals surface area contributed by atoms with Crippen molar-refractivity contribution in [3.8, 4) is 0 Å². The number of carboxylic acid groups (broad SMARTS) is 1. The van der Waals surface area contributed by atoms with Gasteiger partial charge in [-0.1, -0.05) is 0 Å². The molecule has 0 aromatic heterocycles. The molecule has 0 bridgehead atoms. The van der Waals surface area contributed by atoms with Crippen LogP contribution in [-0.2, 0) is 9.53 Å². The number of nitrogens with zero attached hydrogens (tertiary/aromatic N) is 1. The lowest BCUT2D eigenvalue weighted by Gasteiger charge is -2.45. The second kappa shape index (κ2) is 3.87. The second-order valence-corrected chi connectivity index (χ2v) is 4.27. The number of carbonyl (C=O) groups is 1. The molecule has 14 heavy (non-hydrogen) atoms. The number of hydrogen-bond donors (Lipinski definition) is 1. The average molecular weight is 199 g/mol. The quantitative estimate of drug-likeness (QED) is 0.706. The molecule has 0 aromatic rings. The fraction of sp³-hybridized carbons (Fsp3) is 0.900. The van der Waals surface area contributed by atoms with Gasteiger partial charge in [-0.2, -0.15) is 0 Å². The number of aliphatic carboxylic acids is 1. The predicted molar refractivity (Wildman–Crippen MR) is 51.1 cm³/mol. The molecule has 2 aliphatic rings. The lowest BCUT2D eigenvalue weighted by atomic mass is 9.78. The molecule has 1 aliphatic carbocycles. The Labute approximate surface area is 83.8 Å². The zero-order valence-electron chi connectivity index (χ0n) is 8.48. The van der Waals surface area contributed by atoms with Crippen LogP contribution in [0.3, 0.4) is 0 Å². The van der Waals surface area contributed by atoms with Gasteiger partial charge in [0.1, 0.15) is 0 Å². The average Bonchev–Trinajstić information content (AvgIpc) is 2.00. The largest absolute Gasteiger partial charge is 0.481 e. The van der Waals surface area contributed by atoms with Crippen LogP contribution in [0.5, 0.6) is 0 Å². The van der Waals surface area contributed by atoms with Crippen LogP contribution in [0, 0.1) is 5.92 Å². The van der Waals surface area contributed by atoms with E-state index < -0.39 is 5.97 Å². The highest BCUT2D eigenvalue weighted by atomic mass is 16.5. The molecule has 3 unspecified atom stereocenters. The third kappa shape index (κ3) is 1.77. The summed E-state index contributed by atoms with van der Waals surface area (Å²) in [5.41, 5.74) is 0. The van der Waals surface area contributed by atoms with Gasteiger partial charge in [-0.15, -0.1) is 0 Å². The van der Waals surface area contributed by atoms with Gasteiger partial charge in [-0.25, -0.2) is 0 Å². The number of rotatable bonds is 2. The lowest BCUT2D eigenvalue weighted by Crippen LogP contribution is -2.55. The first kappa shape index (κ1) is 9.93. The molecule has 80 valence electrons. The van der Waals surface area contributed by atoms with Gasteiger partial charge in [0.15, 0.2) is 0 Å². The van der Waals surface area contributed by atoms with Crippen molar-refractivity contribution in [3.05, 3.63) is 0 Å². The van der Waals surface area contributed by atoms with Crippen molar-refractivity contribution in [2.24, 2.45) is 5.92 Å². The summed E-state index contributed by atoms with van der Waals surface area (Å²) in [6, 6.07) is 0.263. The van der Waals surface area contributed by atoms with E-state index in [0.29, 0.717) is 0 Å². The van der Waals surface area contributed by atoms with E-state index in [2.05, 4.69) is 4.90 Å². The van der Waals surface area contributed by atoms with Crippen molar-refractivity contribution in [2.45, 2.75) is 31.9 Å². The Morgan fingerprint density at radius 3 is 2.79 bits per heavy atom. The Bertz CT molecular complexity index is 231. The molecule has 1 aliphatic heterocycles. The summed E-state index contributed by atoms with van der Waals surface area (Å²) in [6.45, 7) is 4.55. The fourth-order valence-corrected chi connectivity index (χ4v) is 2.35. The summed E-state index contributed by atoms with van der Waals surface area (Å²) >= 11 is 0. The zero-order valence-corrected chi connectivity index (χ0v) is 8.48. The molecular weight excluding hydrogens is 182 g/mol. The molecule has 2 fully saturated rings. The molecule has 0 amide bonds. The first-order chi connectivity index (χ1) is 6.68. The molecule has 3 atom stereocenters. The van der Waals surface area contributed by atoms with Crippen LogP contribution in [0.15, 0.2) is 0 Å². The number of ether oxygens (including phenoxy) is 1. The van der Waals surface area contributed by atoms with Gasteiger partial charge in [-0.05, 0) is 19.8 Å². The third-order valence-electron chi connectivity index (χ3n) is 3.30. The van der Waals surface area contributed by atoms with Crippen LogP contribution in [-0.4, -0.2) is 47.8 Å². The van der Waals surface area contributed by atoms with Gasteiger partial charge in [0, 0.05) is 19.1 Å². The molecule has 0 spiro atoms. The molecule has 1 saturated carbocycles. The normalized spacial score (nSPS) is 39.1. The standard InChI is InChI=1S/C10H17NO3/c1-7-6-11(4-5-14-7)9-3-2-8(9)10(12)13/h7-9H,2-6H2,1H3,(H,12,13). The molecule has 4 nitrogen and oxygen atoms in total. The first-order valence-electron chi connectivity index (χ1n) is 5.27. The Kier molecular flexibility index (Phi) is 2.74. The van der Waals surface area contributed by atoms with Crippen LogP contribution >= 0.6 is 0 Å². The summed E-state index contributed by atoms with van der Waals surface area (Å²) < 4.78 is 5.43. The summed E-state index contributed by atoms with van der Waals surface area (Å²) in [6.07, 6.45) is 2.12. The van der Waals surface area contributed by atoms with E-state index in [1.807, 2.05) is 6.92 Å². The molecule has 0 aromatic carbocycles. The third-order valence-corrected chi connectivity index (χ3v) is 3.30. The highest BCUT2D eigenvalue weighted by Gasteiger charge is 2.41. The summed E-state index contributed by atoms with van der Waals surface area (Å²) in [4.78, 5) is 13.1. The van der Waals surface area contributed by atoms with Crippen molar-refractivity contribution < 1.29 is 14.6 Å². The van der Waals surface area contributed by atoms with Crippen molar-refractivity contribution in [1.29, 1.82) is 0 Å². The van der Waals surface area contributed by atoms with E-state index >= 15 is 0 Å². The van der Waals surface area contributed by atoms with E-state index in [1.54, 1.807) is 0 Å². The molecule has 1 heterocycles. The molecular formula is C10H17NO3. The number of carboxylic acids is 1. The van der Waals surface area contributed by atoms with Crippen LogP contribution < -0.4 is 0 Å². The number of morpholine rings is 1. The predicted octanol–water partition coefficient (Wildman–Crippen LogP) is 0.570. The van der Waals surface area contributed by atoms with Crippen molar-refractivity contribution in [1.82, 2.24) is 4.90 Å². The molecule has 1 N–H and O–H groups in total. The minimum atomic E-state index is -0.639. The summed E-state index contributed by atoms with van der Waals surface area (Å²) in [5, 5.41) is 8.94. The van der Waals surface area contributed by atoms with Crippen LogP contribution in [0.1, 0.15) is 19.8 Å². The Balaban J connectivity index is 1.91. The Morgan fingerprint density at radius 2 is 2.29 bits per heavy atom. The maximum Gasteiger partial charge on any atom is 0.308 e. The monoisotopic (exact) mass is 199 g/mol. The highest BCUT2D eigenvalue weighted by Crippen LogP contribution is 2.33. The van der Waals surface area contributed by atoms with E-state index in [9.17, 15) is 4.79 Å². The van der Waals surface area contributed by atoms with Gasteiger partial charge in [0.2, 0.25) is 0 Å². The fourth-order valence-electron chi connectivity index (χ4n) is 2.35. The molecule has 4 heteroatoms. The van der Waals surface area contributed by atoms with Crippen molar-refractivity contribution >= 4 is 5.97 Å². The smallest absolute Gasteiger partial charge is 0.308 e. The van der Waals surface area contributed by atoms with E-state index in [0.717, 1.165) is 32.5 Å². The maximum absolute atomic E-state index is 10.9. The zero-order chi connectivity index (χ0) is 10.1. The van der Waals surface area contributed by atoms with Gasteiger partial charge in [-0.3, -0.25) is 9.69 Å². The van der Waals surface area contributed by atoms with Crippen molar-refractivity contribution in [2.75, 3.05) is 19.7 Å². The van der Waals surface area contributed by atoms with Crippen LogP contribution in [0.4, 0.5) is 0 Å². The van der Waals surface area contributed by atoms with Crippen LogP contribution in [0.2, 0.25) is 0 Å². The van der Waals surface area contributed by atoms with Crippen molar-refractivity contribution in [3.63, 3.8) is 0 Å². The number of hydrogen-bond acceptors (Lipinski definition) is 3. The maximum atomic E-state index is 10.9. The first-order valence-corrected chi connectivity index (χ1v) is 5.27. The summed E-state index contributed by atoms with van der Waals surface area (Å²) in [5.74, 6) is -0.777. The van der Waals surface area contributed by atoms with Gasteiger partial charge >= 0.3 is 5.97 Å². The topological polar surface area (TPSA) is 49.8 Å². The summed E-state index contributed by atoms with van der Waals surface area (Å²) in [7, 11) is 0. The van der Waals surface area contributed by atoms with Gasteiger partial charge in [0.25, 0.3) is 0 Å². The van der Waals surface area contributed by atoms with Gasteiger partial charge < -0.3 is 9.84 Å². The second-order valence-electron chi connectivity index (χ2n) is 4.27. The molecule has 0 radical (unpaired) electrons. The highest BCUT2D eigenvalue weighted by molar-refractivity contribution is 5.72. The minimum absolute atomic E-state index is 0.139. The molecule has 2 rings (SSSR count).